The number of hydrogen-bond donors (Lipinski definition) is 0. The fourth-order valence-corrected chi connectivity index (χ4v) is 3.32. The molecule has 0 spiro atoms. The summed E-state index contributed by atoms with van der Waals surface area (Å²) in [5.74, 6) is 0.302. The molecule has 0 N–H and O–H groups in total. The SMILES string of the molecule is O=Cc1ncc2c(c1OCc1ccccc1)COC2c1cccc(C(F)(F)F)c1. The van der Waals surface area contributed by atoms with Gasteiger partial charge in [0.25, 0.3) is 0 Å². The maximum atomic E-state index is 13.1. The van der Waals surface area contributed by atoms with Crippen molar-refractivity contribution >= 4 is 6.29 Å². The lowest BCUT2D eigenvalue weighted by Crippen LogP contribution is -2.08. The number of halogens is 3. The first-order valence-electron chi connectivity index (χ1n) is 8.90. The van der Waals surface area contributed by atoms with Gasteiger partial charge in [-0.15, -0.1) is 0 Å². The summed E-state index contributed by atoms with van der Waals surface area (Å²) in [6, 6.07) is 14.4. The Morgan fingerprint density at radius 1 is 1.14 bits per heavy atom. The third-order valence-corrected chi connectivity index (χ3v) is 4.73. The Labute approximate surface area is 164 Å². The number of benzene rings is 2. The van der Waals surface area contributed by atoms with Crippen LogP contribution < -0.4 is 4.74 Å². The van der Waals surface area contributed by atoms with Crippen LogP contribution in [-0.2, 0) is 24.1 Å². The molecule has 4 nitrogen and oxygen atoms in total. The van der Waals surface area contributed by atoms with E-state index in [0.29, 0.717) is 28.7 Å². The maximum Gasteiger partial charge on any atom is 0.416 e. The maximum absolute atomic E-state index is 13.1. The molecule has 2 aromatic carbocycles. The van der Waals surface area contributed by atoms with Gasteiger partial charge >= 0.3 is 6.18 Å². The Hall–Kier alpha value is -3.19. The van der Waals surface area contributed by atoms with Crippen LogP contribution in [0.25, 0.3) is 0 Å². The molecule has 148 valence electrons. The Morgan fingerprint density at radius 2 is 1.93 bits per heavy atom. The van der Waals surface area contributed by atoms with Crippen LogP contribution in [-0.4, -0.2) is 11.3 Å². The molecule has 1 unspecified atom stereocenters. The Balaban J connectivity index is 1.68. The smallest absolute Gasteiger partial charge is 0.416 e. The van der Waals surface area contributed by atoms with Crippen LogP contribution in [0.3, 0.4) is 0 Å². The number of aldehydes is 1. The van der Waals surface area contributed by atoms with E-state index in [1.807, 2.05) is 30.3 Å². The lowest BCUT2D eigenvalue weighted by Gasteiger charge is -2.15. The zero-order chi connectivity index (χ0) is 20.4. The highest BCUT2D eigenvalue weighted by molar-refractivity contribution is 5.78. The number of nitrogens with zero attached hydrogens (tertiary/aromatic N) is 1. The molecule has 1 aliphatic heterocycles. The second kappa shape index (κ2) is 7.67. The van der Waals surface area contributed by atoms with Gasteiger partial charge in [0.1, 0.15) is 18.4 Å². The molecule has 0 aliphatic carbocycles. The highest BCUT2D eigenvalue weighted by Gasteiger charge is 2.34. The number of ether oxygens (including phenoxy) is 2. The van der Waals surface area contributed by atoms with Gasteiger partial charge in [0.05, 0.1) is 12.2 Å². The van der Waals surface area contributed by atoms with Crippen LogP contribution in [0.5, 0.6) is 5.75 Å². The van der Waals surface area contributed by atoms with E-state index in [-0.39, 0.29) is 18.9 Å². The molecule has 0 amide bonds. The average Bonchev–Trinajstić information content (AvgIpc) is 3.16. The second-order valence-corrected chi connectivity index (χ2v) is 6.61. The molecule has 0 fully saturated rings. The van der Waals surface area contributed by atoms with E-state index in [4.69, 9.17) is 9.47 Å². The van der Waals surface area contributed by atoms with Gasteiger partial charge in [-0.05, 0) is 23.3 Å². The molecule has 7 heteroatoms. The number of alkyl halides is 3. The Morgan fingerprint density at radius 3 is 2.66 bits per heavy atom. The van der Waals surface area contributed by atoms with E-state index < -0.39 is 17.8 Å². The fraction of sp³-hybridized carbons (Fsp3) is 0.182. The van der Waals surface area contributed by atoms with Gasteiger partial charge in [-0.1, -0.05) is 42.5 Å². The van der Waals surface area contributed by atoms with Gasteiger partial charge in [-0.25, -0.2) is 4.98 Å². The van der Waals surface area contributed by atoms with Crippen molar-refractivity contribution < 1.29 is 27.4 Å². The van der Waals surface area contributed by atoms with Gasteiger partial charge < -0.3 is 9.47 Å². The monoisotopic (exact) mass is 399 g/mol. The lowest BCUT2D eigenvalue weighted by atomic mass is 9.98. The van der Waals surface area contributed by atoms with E-state index in [1.54, 1.807) is 6.07 Å². The van der Waals surface area contributed by atoms with Crippen molar-refractivity contribution in [3.8, 4) is 5.75 Å². The molecule has 0 bridgehead atoms. The van der Waals surface area contributed by atoms with E-state index in [9.17, 15) is 18.0 Å². The highest BCUT2D eigenvalue weighted by atomic mass is 19.4. The summed E-state index contributed by atoms with van der Waals surface area (Å²) in [4.78, 5) is 15.6. The minimum atomic E-state index is -4.44. The first-order valence-corrected chi connectivity index (χ1v) is 8.90. The molecule has 0 saturated carbocycles. The van der Waals surface area contributed by atoms with E-state index >= 15 is 0 Å². The van der Waals surface area contributed by atoms with Crippen LogP contribution in [0.2, 0.25) is 0 Å². The van der Waals surface area contributed by atoms with Crippen LogP contribution in [0.4, 0.5) is 13.2 Å². The third-order valence-electron chi connectivity index (χ3n) is 4.73. The molecule has 0 radical (unpaired) electrons. The Kier molecular flexibility index (Phi) is 5.07. The number of carbonyl (C=O) groups excluding carboxylic acids is 1. The number of fused-ring (bicyclic) bond motifs is 1. The standard InChI is InChI=1S/C22H16F3NO3/c23-22(24,25)16-8-4-7-15(9-16)20-17-10-26-19(11-27)21(18(17)13-29-20)28-12-14-5-2-1-3-6-14/h1-11,20H,12-13H2. The summed E-state index contributed by atoms with van der Waals surface area (Å²) in [6.07, 6.45) is -3.09. The normalized spacial score (nSPS) is 15.8. The fourth-order valence-electron chi connectivity index (χ4n) is 3.32. The first-order chi connectivity index (χ1) is 14.0. The van der Waals surface area contributed by atoms with Crippen LogP contribution in [0.1, 0.15) is 44.4 Å². The van der Waals surface area contributed by atoms with Gasteiger partial charge in [-0.2, -0.15) is 13.2 Å². The summed E-state index contributed by atoms with van der Waals surface area (Å²) in [7, 11) is 0. The van der Waals surface area contributed by atoms with Crippen molar-refractivity contribution in [1.29, 1.82) is 0 Å². The number of aromatic nitrogens is 1. The predicted molar refractivity (Wildman–Crippen MR) is 98.5 cm³/mol. The molecule has 4 rings (SSSR count). The largest absolute Gasteiger partial charge is 0.486 e. The van der Waals surface area contributed by atoms with Gasteiger partial charge in [0.2, 0.25) is 0 Å². The summed E-state index contributed by atoms with van der Waals surface area (Å²) in [5, 5.41) is 0. The van der Waals surface area contributed by atoms with Gasteiger partial charge in [0.15, 0.2) is 12.0 Å². The first kappa shape index (κ1) is 19.1. The quantitative estimate of drug-likeness (QED) is 0.560. The van der Waals surface area contributed by atoms with E-state index in [1.165, 1.54) is 12.3 Å². The van der Waals surface area contributed by atoms with Crippen molar-refractivity contribution in [3.63, 3.8) is 0 Å². The van der Waals surface area contributed by atoms with Gasteiger partial charge in [0, 0.05) is 17.3 Å². The number of hydrogen-bond acceptors (Lipinski definition) is 4. The van der Waals surface area contributed by atoms with Crippen molar-refractivity contribution in [2.24, 2.45) is 0 Å². The molecule has 1 aliphatic rings. The summed E-state index contributed by atoms with van der Waals surface area (Å²) in [6.45, 7) is 0.345. The van der Waals surface area contributed by atoms with E-state index in [2.05, 4.69) is 4.98 Å². The van der Waals surface area contributed by atoms with Crippen LogP contribution in [0.15, 0.2) is 60.8 Å². The molecular formula is C22H16F3NO3. The van der Waals surface area contributed by atoms with Crippen molar-refractivity contribution in [2.45, 2.75) is 25.5 Å². The van der Waals surface area contributed by atoms with Crippen molar-refractivity contribution in [1.82, 2.24) is 4.98 Å². The molecule has 0 saturated heterocycles. The van der Waals surface area contributed by atoms with E-state index in [0.717, 1.165) is 17.7 Å². The van der Waals surface area contributed by atoms with Crippen molar-refractivity contribution in [3.05, 3.63) is 94.3 Å². The third kappa shape index (κ3) is 3.86. The minimum absolute atomic E-state index is 0.115. The number of pyridine rings is 1. The molecule has 29 heavy (non-hydrogen) atoms. The topological polar surface area (TPSA) is 48.4 Å². The predicted octanol–water partition coefficient (Wildman–Crippen LogP) is 5.11. The summed E-state index contributed by atoms with van der Waals surface area (Å²) < 4.78 is 50.8. The minimum Gasteiger partial charge on any atom is -0.486 e. The molecule has 1 atom stereocenters. The Bertz CT molecular complexity index is 1040. The number of carbonyl (C=O) groups is 1. The zero-order valence-electron chi connectivity index (χ0n) is 15.1. The molecule has 1 aromatic heterocycles. The molecule has 2 heterocycles. The zero-order valence-corrected chi connectivity index (χ0v) is 15.1. The highest BCUT2D eigenvalue weighted by Crippen LogP contribution is 2.42. The summed E-state index contributed by atoms with van der Waals surface area (Å²) in [5.41, 5.74) is 1.89. The van der Waals surface area contributed by atoms with Crippen LogP contribution >= 0.6 is 0 Å². The average molecular weight is 399 g/mol. The van der Waals surface area contributed by atoms with Gasteiger partial charge in [-0.3, -0.25) is 4.79 Å². The number of rotatable bonds is 5. The van der Waals surface area contributed by atoms with Crippen molar-refractivity contribution in [2.75, 3.05) is 0 Å². The lowest BCUT2D eigenvalue weighted by molar-refractivity contribution is -0.137. The van der Waals surface area contributed by atoms with Crippen LogP contribution in [0, 0.1) is 0 Å². The second-order valence-electron chi connectivity index (χ2n) is 6.61. The molecular weight excluding hydrogens is 383 g/mol. The molecule has 3 aromatic rings. The summed E-state index contributed by atoms with van der Waals surface area (Å²) >= 11 is 0.